The number of fused-ring (bicyclic) bond motifs is 1. The van der Waals surface area contributed by atoms with Crippen LogP contribution in [0.3, 0.4) is 0 Å². The van der Waals surface area contributed by atoms with Crippen LogP contribution in [0.1, 0.15) is 38.5 Å². The molecule has 0 spiro atoms. The van der Waals surface area contributed by atoms with Crippen molar-refractivity contribution in [2.45, 2.75) is 32.7 Å². The number of hydrogen-bond acceptors (Lipinski definition) is 3. The van der Waals surface area contributed by atoms with Crippen LogP contribution in [0.15, 0.2) is 28.7 Å². The lowest BCUT2D eigenvalue weighted by Gasteiger charge is -2.17. The summed E-state index contributed by atoms with van der Waals surface area (Å²) >= 11 is 5.97. The molecule has 1 aromatic carbocycles. The van der Waals surface area contributed by atoms with Gasteiger partial charge in [0.05, 0.1) is 6.04 Å². The highest BCUT2D eigenvalue weighted by Gasteiger charge is 2.17. The van der Waals surface area contributed by atoms with Crippen LogP contribution in [0, 0.1) is 5.92 Å². The topological polar surface area (TPSA) is 51.2 Å². The summed E-state index contributed by atoms with van der Waals surface area (Å²) < 4.78 is 5.82. The average molecular weight is 267 g/mol. The Balaban J connectivity index is 2.28. The third-order valence-corrected chi connectivity index (χ3v) is 3.61. The number of nitrogens with two attached hydrogens (primary N) is 1. The number of hydrazine groups is 1. The summed E-state index contributed by atoms with van der Waals surface area (Å²) in [7, 11) is 0. The van der Waals surface area contributed by atoms with E-state index in [-0.39, 0.29) is 6.04 Å². The van der Waals surface area contributed by atoms with Crippen LogP contribution in [0.5, 0.6) is 0 Å². The standard InChI is InChI=1S/C14H19ClN2O/c1-3-9(2)6-12(17-16)14-8-10-7-11(15)4-5-13(10)18-14/h4-5,7-9,12,17H,3,6,16H2,1-2H3. The van der Waals surface area contributed by atoms with Crippen molar-refractivity contribution >= 4 is 22.6 Å². The molecule has 3 nitrogen and oxygen atoms in total. The fourth-order valence-electron chi connectivity index (χ4n) is 2.04. The van der Waals surface area contributed by atoms with Crippen molar-refractivity contribution in [2.24, 2.45) is 11.8 Å². The van der Waals surface area contributed by atoms with Gasteiger partial charge in [-0.3, -0.25) is 5.84 Å². The zero-order valence-corrected chi connectivity index (χ0v) is 11.5. The largest absolute Gasteiger partial charge is 0.459 e. The summed E-state index contributed by atoms with van der Waals surface area (Å²) in [5.74, 6) is 7.09. The Labute approximate surface area is 112 Å². The van der Waals surface area contributed by atoms with E-state index in [9.17, 15) is 0 Å². The Hall–Kier alpha value is -1.03. The number of rotatable bonds is 5. The molecule has 0 bridgehead atoms. The summed E-state index contributed by atoms with van der Waals surface area (Å²) in [6.07, 6.45) is 2.09. The Kier molecular flexibility index (Phi) is 4.27. The molecular formula is C14H19ClN2O. The average Bonchev–Trinajstić information content (AvgIpc) is 2.78. The number of benzene rings is 1. The normalized spacial score (nSPS) is 14.9. The van der Waals surface area contributed by atoms with Gasteiger partial charge in [-0.25, -0.2) is 5.43 Å². The van der Waals surface area contributed by atoms with Gasteiger partial charge in [0.15, 0.2) is 0 Å². The molecule has 2 unspecified atom stereocenters. The van der Waals surface area contributed by atoms with Crippen LogP contribution in [0.25, 0.3) is 11.0 Å². The van der Waals surface area contributed by atoms with Gasteiger partial charge in [-0.05, 0) is 36.6 Å². The SMILES string of the molecule is CCC(C)CC(NN)c1cc2cc(Cl)ccc2o1. The Morgan fingerprint density at radius 1 is 1.39 bits per heavy atom. The molecular weight excluding hydrogens is 248 g/mol. The van der Waals surface area contributed by atoms with Crippen molar-refractivity contribution in [1.29, 1.82) is 0 Å². The van der Waals surface area contributed by atoms with E-state index in [0.717, 1.165) is 29.6 Å². The van der Waals surface area contributed by atoms with E-state index in [1.165, 1.54) is 0 Å². The molecule has 2 atom stereocenters. The number of hydrogen-bond donors (Lipinski definition) is 2. The summed E-state index contributed by atoms with van der Waals surface area (Å²) in [6, 6.07) is 7.68. The van der Waals surface area contributed by atoms with Gasteiger partial charge in [-0.2, -0.15) is 0 Å². The van der Waals surface area contributed by atoms with E-state index in [2.05, 4.69) is 19.3 Å². The van der Waals surface area contributed by atoms with Gasteiger partial charge in [0.25, 0.3) is 0 Å². The molecule has 0 radical (unpaired) electrons. The predicted molar refractivity (Wildman–Crippen MR) is 75.4 cm³/mol. The fraction of sp³-hybridized carbons (Fsp3) is 0.429. The molecule has 1 heterocycles. The Bertz CT molecular complexity index is 523. The van der Waals surface area contributed by atoms with E-state index in [0.29, 0.717) is 10.9 Å². The van der Waals surface area contributed by atoms with Crippen molar-refractivity contribution in [3.8, 4) is 0 Å². The van der Waals surface area contributed by atoms with E-state index >= 15 is 0 Å². The van der Waals surface area contributed by atoms with E-state index in [4.69, 9.17) is 21.9 Å². The molecule has 3 N–H and O–H groups in total. The first-order valence-corrected chi connectivity index (χ1v) is 6.67. The predicted octanol–water partition coefficient (Wildman–Crippen LogP) is 4.03. The van der Waals surface area contributed by atoms with E-state index < -0.39 is 0 Å². The van der Waals surface area contributed by atoms with Crippen molar-refractivity contribution in [3.63, 3.8) is 0 Å². The van der Waals surface area contributed by atoms with Gasteiger partial charge < -0.3 is 4.42 Å². The molecule has 4 heteroatoms. The minimum atomic E-state index is 0.0473. The van der Waals surface area contributed by atoms with Crippen LogP contribution < -0.4 is 11.3 Å². The van der Waals surface area contributed by atoms with E-state index in [1.54, 1.807) is 0 Å². The van der Waals surface area contributed by atoms with Crippen LogP contribution >= 0.6 is 11.6 Å². The van der Waals surface area contributed by atoms with Crippen molar-refractivity contribution in [3.05, 3.63) is 35.0 Å². The van der Waals surface area contributed by atoms with Gasteiger partial charge >= 0.3 is 0 Å². The minimum absolute atomic E-state index is 0.0473. The monoisotopic (exact) mass is 266 g/mol. The number of halogens is 1. The molecule has 2 aromatic rings. The summed E-state index contributed by atoms with van der Waals surface area (Å²) in [5, 5.41) is 1.73. The van der Waals surface area contributed by atoms with Crippen LogP contribution in [0.4, 0.5) is 0 Å². The first-order valence-electron chi connectivity index (χ1n) is 6.29. The van der Waals surface area contributed by atoms with Crippen molar-refractivity contribution in [1.82, 2.24) is 5.43 Å². The molecule has 18 heavy (non-hydrogen) atoms. The summed E-state index contributed by atoms with van der Waals surface area (Å²) in [6.45, 7) is 4.39. The molecule has 0 aliphatic carbocycles. The number of furan rings is 1. The maximum Gasteiger partial charge on any atom is 0.134 e. The van der Waals surface area contributed by atoms with Gasteiger partial charge in [-0.15, -0.1) is 0 Å². The lowest BCUT2D eigenvalue weighted by molar-refractivity contribution is 0.359. The second-order valence-electron chi connectivity index (χ2n) is 4.80. The van der Waals surface area contributed by atoms with Gasteiger partial charge in [0, 0.05) is 10.4 Å². The third kappa shape index (κ3) is 2.86. The van der Waals surface area contributed by atoms with Crippen LogP contribution in [0.2, 0.25) is 5.02 Å². The maximum absolute atomic E-state index is 5.97. The lowest BCUT2D eigenvalue weighted by atomic mass is 9.98. The zero-order valence-electron chi connectivity index (χ0n) is 10.7. The highest BCUT2D eigenvalue weighted by atomic mass is 35.5. The second-order valence-corrected chi connectivity index (χ2v) is 5.24. The van der Waals surface area contributed by atoms with Crippen molar-refractivity contribution < 1.29 is 4.42 Å². The lowest BCUT2D eigenvalue weighted by Crippen LogP contribution is -2.29. The molecule has 1 aromatic heterocycles. The van der Waals surface area contributed by atoms with Gasteiger partial charge in [-0.1, -0.05) is 31.9 Å². The highest BCUT2D eigenvalue weighted by Crippen LogP contribution is 2.29. The molecule has 0 fully saturated rings. The number of nitrogens with one attached hydrogen (secondary N) is 1. The molecule has 98 valence electrons. The molecule has 0 amide bonds. The second kappa shape index (κ2) is 5.74. The van der Waals surface area contributed by atoms with Crippen LogP contribution in [-0.4, -0.2) is 0 Å². The summed E-state index contributed by atoms with van der Waals surface area (Å²) in [5.41, 5.74) is 3.68. The quantitative estimate of drug-likeness (QED) is 0.635. The van der Waals surface area contributed by atoms with Gasteiger partial charge in [0.1, 0.15) is 11.3 Å². The van der Waals surface area contributed by atoms with Crippen LogP contribution in [-0.2, 0) is 0 Å². The molecule has 2 rings (SSSR count). The molecule has 0 saturated heterocycles. The Morgan fingerprint density at radius 3 is 2.83 bits per heavy atom. The zero-order chi connectivity index (χ0) is 13.1. The first-order chi connectivity index (χ1) is 8.63. The van der Waals surface area contributed by atoms with Gasteiger partial charge in [0.2, 0.25) is 0 Å². The Morgan fingerprint density at radius 2 is 2.17 bits per heavy atom. The molecule has 0 aliphatic heterocycles. The van der Waals surface area contributed by atoms with Crippen molar-refractivity contribution in [2.75, 3.05) is 0 Å². The maximum atomic E-state index is 5.97. The fourth-order valence-corrected chi connectivity index (χ4v) is 2.22. The molecule has 0 saturated carbocycles. The summed E-state index contributed by atoms with van der Waals surface area (Å²) in [4.78, 5) is 0. The first kappa shape index (κ1) is 13.4. The third-order valence-electron chi connectivity index (χ3n) is 3.38. The highest BCUT2D eigenvalue weighted by molar-refractivity contribution is 6.31. The minimum Gasteiger partial charge on any atom is -0.459 e. The molecule has 0 aliphatic rings. The smallest absolute Gasteiger partial charge is 0.134 e. The van der Waals surface area contributed by atoms with E-state index in [1.807, 2.05) is 24.3 Å².